The molecule has 1 saturated heterocycles. The van der Waals surface area contributed by atoms with Gasteiger partial charge >= 0.3 is 0 Å². The first-order valence-corrected chi connectivity index (χ1v) is 10.3. The fourth-order valence-corrected chi connectivity index (χ4v) is 3.93. The number of amides is 1. The van der Waals surface area contributed by atoms with Gasteiger partial charge in [0, 0.05) is 37.6 Å². The molecule has 1 aromatic heterocycles. The number of fused-ring (bicyclic) bond motifs is 2. The topological polar surface area (TPSA) is 123 Å². The molecule has 0 radical (unpaired) electrons. The van der Waals surface area contributed by atoms with Crippen LogP contribution in [0.4, 0.5) is 11.8 Å². The van der Waals surface area contributed by atoms with Crippen molar-refractivity contribution in [2.75, 3.05) is 50.5 Å². The summed E-state index contributed by atoms with van der Waals surface area (Å²) in [5.41, 5.74) is 6.66. The second-order valence-corrected chi connectivity index (χ2v) is 7.63. The molecule has 10 nitrogen and oxygen atoms in total. The Kier molecular flexibility index (Phi) is 4.96. The van der Waals surface area contributed by atoms with Crippen molar-refractivity contribution in [3.8, 4) is 23.0 Å². The number of nitrogens with two attached hydrogens (primary N) is 1. The Morgan fingerprint density at radius 1 is 1.16 bits per heavy atom. The number of hydrogen-bond donors (Lipinski definition) is 2. The molecule has 0 saturated carbocycles. The van der Waals surface area contributed by atoms with Crippen LogP contribution in [-0.2, 0) is 4.79 Å². The van der Waals surface area contributed by atoms with Gasteiger partial charge in [0.25, 0.3) is 5.91 Å². The van der Waals surface area contributed by atoms with Crippen molar-refractivity contribution in [1.82, 2.24) is 14.9 Å². The van der Waals surface area contributed by atoms with Crippen LogP contribution in [0.1, 0.15) is 0 Å². The van der Waals surface area contributed by atoms with Gasteiger partial charge in [-0.1, -0.05) is 12.1 Å². The Bertz CT molecular complexity index is 1180. The molecular weight excluding hydrogens is 414 g/mol. The van der Waals surface area contributed by atoms with E-state index in [0.717, 1.165) is 0 Å². The van der Waals surface area contributed by atoms with Crippen molar-refractivity contribution < 1.29 is 24.1 Å². The van der Waals surface area contributed by atoms with Gasteiger partial charge in [-0.15, -0.1) is 0 Å². The predicted molar refractivity (Wildman–Crippen MR) is 117 cm³/mol. The smallest absolute Gasteiger partial charge is 0.267 e. The monoisotopic (exact) mass is 437 g/mol. The van der Waals surface area contributed by atoms with Crippen molar-refractivity contribution in [1.29, 1.82) is 0 Å². The Hall–Kier alpha value is -3.95. The average Bonchev–Trinajstić information content (AvgIpc) is 2.83. The van der Waals surface area contributed by atoms with Gasteiger partial charge in [0.05, 0.1) is 12.6 Å². The number of nitrogen functional groups attached to an aromatic ring is 1. The standard InChI is InChI=1S/C22H23N5O5/c1-30-18-10-13-14(11-15(18)28)24-22(25-20(13)23)27-8-6-26(7-9-27)21(29)19-12-31-16-4-2-3-5-17(16)32-19/h2-5,10-11,19,28H,6-9,12H2,1H3,(H2,23,24,25)/t19-/m0/s1. The molecule has 3 aromatic rings. The van der Waals surface area contributed by atoms with Crippen LogP contribution in [0.5, 0.6) is 23.0 Å². The number of phenolic OH excluding ortho intramolecular Hbond substituents is 1. The lowest BCUT2D eigenvalue weighted by atomic mass is 10.2. The van der Waals surface area contributed by atoms with E-state index in [1.165, 1.54) is 13.2 Å². The van der Waals surface area contributed by atoms with Gasteiger partial charge in [-0.25, -0.2) is 4.98 Å². The summed E-state index contributed by atoms with van der Waals surface area (Å²) >= 11 is 0. The van der Waals surface area contributed by atoms with E-state index in [1.54, 1.807) is 17.0 Å². The molecule has 2 aliphatic heterocycles. The Morgan fingerprint density at radius 3 is 2.66 bits per heavy atom. The molecule has 1 fully saturated rings. The minimum atomic E-state index is -0.665. The first-order valence-electron chi connectivity index (χ1n) is 10.3. The molecule has 0 aliphatic carbocycles. The number of ether oxygens (including phenoxy) is 3. The number of phenols is 1. The second-order valence-electron chi connectivity index (χ2n) is 7.63. The highest BCUT2D eigenvalue weighted by atomic mass is 16.6. The highest BCUT2D eigenvalue weighted by molar-refractivity contribution is 5.91. The number of anilines is 2. The summed E-state index contributed by atoms with van der Waals surface area (Å²) in [6, 6.07) is 10.4. The van der Waals surface area contributed by atoms with E-state index in [1.807, 2.05) is 23.1 Å². The number of benzene rings is 2. The minimum Gasteiger partial charge on any atom is -0.504 e. The quantitative estimate of drug-likeness (QED) is 0.626. The third-order valence-electron chi connectivity index (χ3n) is 5.67. The van der Waals surface area contributed by atoms with E-state index < -0.39 is 6.10 Å². The summed E-state index contributed by atoms with van der Waals surface area (Å²) in [6.07, 6.45) is -0.665. The highest BCUT2D eigenvalue weighted by Gasteiger charge is 2.33. The van der Waals surface area contributed by atoms with Crippen molar-refractivity contribution in [2.45, 2.75) is 6.10 Å². The zero-order valence-corrected chi connectivity index (χ0v) is 17.5. The number of aromatic nitrogens is 2. The molecule has 0 unspecified atom stereocenters. The Morgan fingerprint density at radius 2 is 1.91 bits per heavy atom. The van der Waals surface area contributed by atoms with Gasteiger partial charge in [-0.05, 0) is 18.2 Å². The van der Waals surface area contributed by atoms with E-state index in [0.29, 0.717) is 66.1 Å². The first-order chi connectivity index (χ1) is 15.5. The van der Waals surface area contributed by atoms with Gasteiger partial charge in [0.2, 0.25) is 12.1 Å². The normalized spacial score (nSPS) is 18.0. The summed E-state index contributed by atoms with van der Waals surface area (Å²) in [6.45, 7) is 2.27. The maximum Gasteiger partial charge on any atom is 0.267 e. The van der Waals surface area contributed by atoms with E-state index in [-0.39, 0.29) is 18.3 Å². The third-order valence-corrected chi connectivity index (χ3v) is 5.67. The van der Waals surface area contributed by atoms with Crippen molar-refractivity contribution in [3.63, 3.8) is 0 Å². The highest BCUT2D eigenvalue weighted by Crippen LogP contribution is 2.34. The molecule has 166 valence electrons. The fourth-order valence-electron chi connectivity index (χ4n) is 3.93. The number of carbonyl (C=O) groups is 1. The first kappa shape index (κ1) is 20.0. The van der Waals surface area contributed by atoms with Crippen molar-refractivity contribution in [2.24, 2.45) is 0 Å². The number of para-hydroxylation sites is 2. The molecule has 0 spiro atoms. The number of methoxy groups -OCH3 is 1. The minimum absolute atomic E-state index is 0.0178. The Balaban J connectivity index is 1.27. The lowest BCUT2D eigenvalue weighted by molar-refractivity contribution is -0.141. The molecule has 32 heavy (non-hydrogen) atoms. The van der Waals surface area contributed by atoms with Crippen LogP contribution in [0.2, 0.25) is 0 Å². The SMILES string of the molecule is COc1cc2c(N)nc(N3CCN(C(=O)[C@@H]4COc5ccccc5O4)CC3)nc2cc1O. The average molecular weight is 437 g/mol. The molecule has 1 amide bonds. The van der Waals surface area contributed by atoms with Crippen LogP contribution in [0.15, 0.2) is 36.4 Å². The van der Waals surface area contributed by atoms with Gasteiger partial charge < -0.3 is 34.9 Å². The fraction of sp³-hybridized carbons (Fsp3) is 0.318. The number of carbonyl (C=O) groups excluding carboxylic acids is 1. The third kappa shape index (κ3) is 3.53. The van der Waals surface area contributed by atoms with Crippen LogP contribution in [0.25, 0.3) is 10.9 Å². The van der Waals surface area contributed by atoms with E-state index in [9.17, 15) is 9.90 Å². The molecule has 10 heteroatoms. The van der Waals surface area contributed by atoms with E-state index in [4.69, 9.17) is 19.9 Å². The summed E-state index contributed by atoms with van der Waals surface area (Å²) in [5, 5.41) is 10.7. The summed E-state index contributed by atoms with van der Waals surface area (Å²) in [7, 11) is 1.47. The molecule has 2 aromatic carbocycles. The van der Waals surface area contributed by atoms with Gasteiger partial charge in [-0.2, -0.15) is 4.98 Å². The number of aromatic hydroxyl groups is 1. The Labute approximate surface area is 184 Å². The number of nitrogens with zero attached hydrogens (tertiary/aromatic N) is 4. The van der Waals surface area contributed by atoms with E-state index >= 15 is 0 Å². The molecular formula is C22H23N5O5. The van der Waals surface area contributed by atoms with Crippen molar-refractivity contribution >= 4 is 28.6 Å². The lowest BCUT2D eigenvalue weighted by Crippen LogP contribution is -2.54. The van der Waals surface area contributed by atoms with Gasteiger partial charge in [0.1, 0.15) is 12.4 Å². The molecule has 5 rings (SSSR count). The summed E-state index contributed by atoms with van der Waals surface area (Å²) in [5.74, 6) is 2.17. The molecule has 3 N–H and O–H groups in total. The van der Waals surface area contributed by atoms with Crippen LogP contribution < -0.4 is 24.8 Å². The van der Waals surface area contributed by atoms with Crippen LogP contribution in [-0.4, -0.2) is 71.9 Å². The van der Waals surface area contributed by atoms with Crippen LogP contribution in [0, 0.1) is 0 Å². The number of piperazine rings is 1. The molecule has 1 atom stereocenters. The molecule has 3 heterocycles. The summed E-state index contributed by atoms with van der Waals surface area (Å²) < 4.78 is 16.7. The maximum atomic E-state index is 12.9. The second kappa shape index (κ2) is 7.95. The summed E-state index contributed by atoms with van der Waals surface area (Å²) in [4.78, 5) is 25.6. The maximum absolute atomic E-state index is 12.9. The number of hydrogen-bond acceptors (Lipinski definition) is 9. The zero-order valence-electron chi connectivity index (χ0n) is 17.5. The van der Waals surface area contributed by atoms with Crippen molar-refractivity contribution in [3.05, 3.63) is 36.4 Å². The van der Waals surface area contributed by atoms with Gasteiger partial charge in [-0.3, -0.25) is 4.79 Å². The van der Waals surface area contributed by atoms with Crippen LogP contribution in [0.3, 0.4) is 0 Å². The number of rotatable bonds is 3. The van der Waals surface area contributed by atoms with E-state index in [2.05, 4.69) is 9.97 Å². The van der Waals surface area contributed by atoms with Gasteiger partial charge in [0.15, 0.2) is 23.0 Å². The van der Waals surface area contributed by atoms with Crippen LogP contribution >= 0.6 is 0 Å². The zero-order chi connectivity index (χ0) is 22.2. The lowest BCUT2D eigenvalue weighted by Gasteiger charge is -2.37. The predicted octanol–water partition coefficient (Wildman–Crippen LogP) is 1.41. The molecule has 2 aliphatic rings. The largest absolute Gasteiger partial charge is 0.504 e. The molecule has 0 bridgehead atoms.